The van der Waals surface area contributed by atoms with Crippen molar-refractivity contribution in [1.29, 1.82) is 0 Å². The molecule has 0 aliphatic carbocycles. The van der Waals surface area contributed by atoms with Gasteiger partial charge in [-0.25, -0.2) is 13.4 Å². The Balaban J connectivity index is 2.11. The molecule has 3 heterocycles. The van der Waals surface area contributed by atoms with Gasteiger partial charge >= 0.3 is 0 Å². The summed E-state index contributed by atoms with van der Waals surface area (Å²) in [4.78, 5) is 4.76. The molecule has 1 aliphatic heterocycles. The van der Waals surface area contributed by atoms with E-state index in [1.807, 2.05) is 12.3 Å². The summed E-state index contributed by atoms with van der Waals surface area (Å²) >= 11 is 1.38. The lowest BCUT2D eigenvalue weighted by Crippen LogP contribution is -2.49. The van der Waals surface area contributed by atoms with E-state index in [0.717, 1.165) is 6.42 Å². The predicted octanol–water partition coefficient (Wildman–Crippen LogP) is 2.03. The van der Waals surface area contributed by atoms with Crippen molar-refractivity contribution in [2.24, 2.45) is 11.8 Å². The van der Waals surface area contributed by atoms with Crippen LogP contribution in [0.3, 0.4) is 0 Å². The Morgan fingerprint density at radius 2 is 2.10 bits per heavy atom. The number of hydrogen-bond acceptors (Lipinski definition) is 5. The highest BCUT2D eigenvalue weighted by Gasteiger charge is 2.39. The maximum Gasteiger partial charge on any atom is 0.263 e. The summed E-state index contributed by atoms with van der Waals surface area (Å²) in [7, 11) is -3.65. The molecule has 0 saturated carbocycles. The third-order valence-corrected chi connectivity index (χ3v) is 7.09. The lowest BCUT2D eigenvalue weighted by atomic mass is 9.88. The Labute approximate surface area is 128 Å². The number of fused-ring (bicyclic) bond motifs is 1. The molecule has 0 radical (unpaired) electrons. The first-order valence-corrected chi connectivity index (χ1v) is 9.37. The first-order valence-electron chi connectivity index (χ1n) is 7.05. The molecule has 0 spiro atoms. The standard InChI is InChI=1S/C13H20N4O2S2/c1-8-6-9(2)10(3)17(7-8)21(18,19)12-11(14)15-13-16(12)4-5-20-13/h4-5,8-10H,6-7,14H2,1-3H3. The van der Waals surface area contributed by atoms with Crippen molar-refractivity contribution in [2.45, 2.75) is 38.3 Å². The second kappa shape index (κ2) is 4.96. The first-order chi connectivity index (χ1) is 9.82. The minimum atomic E-state index is -3.65. The van der Waals surface area contributed by atoms with E-state index in [9.17, 15) is 8.42 Å². The minimum Gasteiger partial charge on any atom is -0.381 e. The highest BCUT2D eigenvalue weighted by Crippen LogP contribution is 2.34. The van der Waals surface area contributed by atoms with Crippen molar-refractivity contribution in [3.05, 3.63) is 11.6 Å². The maximum absolute atomic E-state index is 13.1. The molecule has 3 unspecified atom stereocenters. The fraction of sp³-hybridized carbons (Fsp3) is 0.615. The third-order valence-electron chi connectivity index (χ3n) is 4.34. The van der Waals surface area contributed by atoms with Gasteiger partial charge in [0.05, 0.1) is 0 Å². The van der Waals surface area contributed by atoms with Crippen LogP contribution in [-0.4, -0.2) is 34.7 Å². The van der Waals surface area contributed by atoms with Crippen molar-refractivity contribution < 1.29 is 8.42 Å². The van der Waals surface area contributed by atoms with Gasteiger partial charge in [-0.1, -0.05) is 13.8 Å². The van der Waals surface area contributed by atoms with Crippen LogP contribution in [0.15, 0.2) is 16.6 Å². The van der Waals surface area contributed by atoms with Gasteiger partial charge in [-0.3, -0.25) is 4.40 Å². The zero-order chi connectivity index (χ0) is 15.4. The number of sulfonamides is 1. The van der Waals surface area contributed by atoms with E-state index in [1.165, 1.54) is 11.3 Å². The van der Waals surface area contributed by atoms with Gasteiger partial charge in [-0.05, 0) is 25.2 Å². The molecule has 2 N–H and O–H groups in total. The Morgan fingerprint density at radius 3 is 2.81 bits per heavy atom. The van der Waals surface area contributed by atoms with Crippen molar-refractivity contribution >= 4 is 32.1 Å². The monoisotopic (exact) mass is 328 g/mol. The number of nitrogens with zero attached hydrogens (tertiary/aromatic N) is 3. The smallest absolute Gasteiger partial charge is 0.263 e. The molecular formula is C13H20N4O2S2. The second-order valence-electron chi connectivity index (χ2n) is 5.99. The summed E-state index contributed by atoms with van der Waals surface area (Å²) in [6.45, 7) is 6.69. The molecule has 1 aliphatic rings. The van der Waals surface area contributed by atoms with Gasteiger partial charge in [0.15, 0.2) is 15.8 Å². The number of aromatic nitrogens is 2. The van der Waals surface area contributed by atoms with E-state index in [2.05, 4.69) is 18.8 Å². The summed E-state index contributed by atoms with van der Waals surface area (Å²) in [6.07, 6.45) is 2.75. The van der Waals surface area contributed by atoms with E-state index in [4.69, 9.17) is 5.73 Å². The van der Waals surface area contributed by atoms with Crippen molar-refractivity contribution in [1.82, 2.24) is 13.7 Å². The molecular weight excluding hydrogens is 308 g/mol. The van der Waals surface area contributed by atoms with Crippen LogP contribution >= 0.6 is 11.3 Å². The molecule has 116 valence electrons. The van der Waals surface area contributed by atoms with Crippen LogP contribution in [0.5, 0.6) is 0 Å². The quantitative estimate of drug-likeness (QED) is 0.914. The van der Waals surface area contributed by atoms with Crippen molar-refractivity contribution in [3.8, 4) is 0 Å². The molecule has 6 nitrogen and oxygen atoms in total. The van der Waals surface area contributed by atoms with Crippen LogP contribution < -0.4 is 5.73 Å². The summed E-state index contributed by atoms with van der Waals surface area (Å²) in [5, 5.41) is 1.91. The molecule has 2 aromatic heterocycles. The van der Waals surface area contributed by atoms with Crippen LogP contribution in [0.4, 0.5) is 5.82 Å². The second-order valence-corrected chi connectivity index (χ2v) is 8.67. The number of rotatable bonds is 2. The van der Waals surface area contributed by atoms with E-state index in [0.29, 0.717) is 23.3 Å². The molecule has 2 aromatic rings. The van der Waals surface area contributed by atoms with E-state index < -0.39 is 10.0 Å². The fourth-order valence-electron chi connectivity index (χ4n) is 3.13. The topological polar surface area (TPSA) is 80.7 Å². The normalized spacial score (nSPS) is 28.2. The average molecular weight is 328 g/mol. The van der Waals surface area contributed by atoms with Crippen molar-refractivity contribution in [3.63, 3.8) is 0 Å². The molecule has 8 heteroatoms. The predicted molar refractivity (Wildman–Crippen MR) is 83.8 cm³/mol. The first kappa shape index (κ1) is 14.8. The number of anilines is 1. The summed E-state index contributed by atoms with van der Waals surface area (Å²) in [6, 6.07) is -0.0326. The largest absolute Gasteiger partial charge is 0.381 e. The number of piperidine rings is 1. The van der Waals surface area contributed by atoms with Gasteiger partial charge in [0.2, 0.25) is 0 Å². The van der Waals surface area contributed by atoms with Gasteiger partial charge in [0, 0.05) is 24.2 Å². The Hall–Kier alpha value is -1.12. The lowest BCUT2D eigenvalue weighted by molar-refractivity contribution is 0.157. The molecule has 0 bridgehead atoms. The number of hydrogen-bond donors (Lipinski definition) is 1. The van der Waals surface area contributed by atoms with Gasteiger partial charge in [0.25, 0.3) is 10.0 Å². The van der Waals surface area contributed by atoms with Gasteiger partial charge < -0.3 is 5.73 Å². The van der Waals surface area contributed by atoms with E-state index in [1.54, 1.807) is 14.9 Å². The number of nitrogens with two attached hydrogens (primary N) is 1. The number of thiazole rings is 1. The number of nitrogen functional groups attached to an aromatic ring is 1. The van der Waals surface area contributed by atoms with Crippen molar-refractivity contribution in [2.75, 3.05) is 12.3 Å². The van der Waals surface area contributed by atoms with Crippen LogP contribution in [0.1, 0.15) is 27.2 Å². The fourth-order valence-corrected chi connectivity index (χ4v) is 5.93. The van der Waals surface area contributed by atoms with Gasteiger partial charge in [-0.2, -0.15) is 4.31 Å². The minimum absolute atomic E-state index is 0.0326. The van der Waals surface area contributed by atoms with E-state index in [-0.39, 0.29) is 16.9 Å². The highest BCUT2D eigenvalue weighted by atomic mass is 32.2. The third kappa shape index (κ3) is 2.25. The molecule has 0 amide bonds. The summed E-state index contributed by atoms with van der Waals surface area (Å²) in [5.41, 5.74) is 5.87. The van der Waals surface area contributed by atoms with Gasteiger partial charge in [-0.15, -0.1) is 11.3 Å². The van der Waals surface area contributed by atoms with Gasteiger partial charge in [0.1, 0.15) is 0 Å². The highest BCUT2D eigenvalue weighted by molar-refractivity contribution is 7.89. The van der Waals surface area contributed by atoms with Crippen LogP contribution in [0.25, 0.3) is 4.96 Å². The zero-order valence-electron chi connectivity index (χ0n) is 12.4. The Bertz CT molecular complexity index is 764. The maximum atomic E-state index is 13.1. The molecule has 1 fully saturated rings. The van der Waals surface area contributed by atoms with Crippen LogP contribution in [0, 0.1) is 11.8 Å². The lowest BCUT2D eigenvalue weighted by Gasteiger charge is -2.39. The Kier molecular flexibility index (Phi) is 3.50. The SMILES string of the molecule is CC1CC(C)C(C)N(S(=O)(=O)c2c(N)nc3sccn23)C1. The summed E-state index contributed by atoms with van der Waals surface area (Å²) < 4.78 is 29.3. The number of imidazole rings is 1. The molecule has 0 aromatic carbocycles. The van der Waals surface area contributed by atoms with Crippen LogP contribution in [0.2, 0.25) is 0 Å². The average Bonchev–Trinajstić information content (AvgIpc) is 2.92. The zero-order valence-corrected chi connectivity index (χ0v) is 14.0. The molecule has 21 heavy (non-hydrogen) atoms. The van der Waals surface area contributed by atoms with E-state index >= 15 is 0 Å². The Morgan fingerprint density at radius 1 is 1.38 bits per heavy atom. The molecule has 3 rings (SSSR count). The van der Waals surface area contributed by atoms with Crippen LogP contribution in [-0.2, 0) is 10.0 Å². The molecule has 3 atom stereocenters. The molecule has 1 saturated heterocycles. The summed E-state index contributed by atoms with van der Waals surface area (Å²) in [5.74, 6) is 0.758.